The van der Waals surface area contributed by atoms with Crippen molar-refractivity contribution < 1.29 is 4.21 Å². The summed E-state index contributed by atoms with van der Waals surface area (Å²) in [6, 6.07) is 1.98. The zero-order valence-corrected chi connectivity index (χ0v) is 21.0. The average Bonchev–Trinajstić information content (AvgIpc) is 2.66. The Morgan fingerprint density at radius 1 is 1.36 bits per heavy atom. The summed E-state index contributed by atoms with van der Waals surface area (Å²) in [7, 11) is -0.724. The third-order valence-corrected chi connectivity index (χ3v) is 6.69. The topological polar surface area (TPSA) is 78.4 Å². The van der Waals surface area contributed by atoms with Crippen LogP contribution in [0.1, 0.15) is 39.5 Å². The van der Waals surface area contributed by atoms with E-state index < -0.39 is 10.8 Å². The maximum atomic E-state index is 12.1. The second kappa shape index (κ2) is 13.8. The molecule has 28 heavy (non-hydrogen) atoms. The molecule has 1 aliphatic rings. The van der Waals surface area contributed by atoms with Gasteiger partial charge < -0.3 is 16.0 Å². The summed E-state index contributed by atoms with van der Waals surface area (Å²) in [6.45, 7) is 6.02. The van der Waals surface area contributed by atoms with Gasteiger partial charge in [-0.3, -0.25) is 9.20 Å². The van der Waals surface area contributed by atoms with E-state index in [0.29, 0.717) is 40.2 Å². The molecule has 3 N–H and O–H groups in total. The first-order valence-electron chi connectivity index (χ1n) is 9.50. The number of hydrogen-bond donors (Lipinski definition) is 3. The van der Waals surface area contributed by atoms with Crippen LogP contribution >= 0.6 is 47.2 Å². The zero-order valence-electron chi connectivity index (χ0n) is 16.3. The number of halogens is 3. The summed E-state index contributed by atoms with van der Waals surface area (Å²) < 4.78 is 12.1. The first-order valence-corrected chi connectivity index (χ1v) is 11.6. The molecule has 1 aliphatic carbocycles. The lowest BCUT2D eigenvalue weighted by Crippen LogP contribution is -2.46. The molecule has 0 radical (unpaired) electrons. The minimum Gasteiger partial charge on any atom is -0.367 e. The van der Waals surface area contributed by atoms with Crippen LogP contribution in [-0.2, 0) is 10.8 Å². The van der Waals surface area contributed by atoms with Crippen molar-refractivity contribution in [2.24, 2.45) is 4.99 Å². The van der Waals surface area contributed by atoms with Crippen molar-refractivity contribution in [2.75, 3.05) is 30.7 Å². The fourth-order valence-electron chi connectivity index (χ4n) is 3.15. The summed E-state index contributed by atoms with van der Waals surface area (Å²) in [6.07, 6.45) is 5.75. The summed E-state index contributed by atoms with van der Waals surface area (Å²) in [5.41, 5.74) is 0. The summed E-state index contributed by atoms with van der Waals surface area (Å²) in [4.78, 5) is 8.79. The molecular formula is C18H30Cl2IN5OS. The number of guanidine groups is 1. The van der Waals surface area contributed by atoms with Gasteiger partial charge in [0.2, 0.25) is 0 Å². The Balaban J connectivity index is 0.00000392. The lowest BCUT2D eigenvalue weighted by molar-refractivity contribution is 0.413. The highest BCUT2D eigenvalue weighted by Gasteiger charge is 2.25. The van der Waals surface area contributed by atoms with E-state index in [9.17, 15) is 4.21 Å². The van der Waals surface area contributed by atoms with Gasteiger partial charge in [-0.1, -0.05) is 36.5 Å². The molecule has 0 aliphatic heterocycles. The van der Waals surface area contributed by atoms with Crippen molar-refractivity contribution >= 4 is 69.8 Å². The SMILES string of the molecule is CCNC(=NCCNc1ncc(Cl)cc1Cl)NC1CCCC(S(=O)CC)C1.I. The monoisotopic (exact) mass is 561 g/mol. The molecule has 1 heterocycles. The number of nitrogens with zero attached hydrogens (tertiary/aromatic N) is 2. The number of aromatic nitrogens is 1. The van der Waals surface area contributed by atoms with Gasteiger partial charge in [0.1, 0.15) is 5.82 Å². The predicted molar refractivity (Wildman–Crippen MR) is 132 cm³/mol. The molecule has 0 aromatic carbocycles. The fraction of sp³-hybridized carbons (Fsp3) is 0.667. The van der Waals surface area contributed by atoms with E-state index >= 15 is 0 Å². The minimum atomic E-state index is -0.724. The lowest BCUT2D eigenvalue weighted by atomic mass is 9.95. The molecule has 6 nitrogen and oxygen atoms in total. The number of anilines is 1. The largest absolute Gasteiger partial charge is 0.367 e. The van der Waals surface area contributed by atoms with Crippen molar-refractivity contribution in [3.8, 4) is 0 Å². The van der Waals surface area contributed by atoms with Gasteiger partial charge in [0.15, 0.2) is 5.96 Å². The van der Waals surface area contributed by atoms with Gasteiger partial charge in [-0.25, -0.2) is 4.98 Å². The molecule has 3 atom stereocenters. The van der Waals surface area contributed by atoms with E-state index in [4.69, 9.17) is 23.2 Å². The van der Waals surface area contributed by atoms with Crippen molar-refractivity contribution in [2.45, 2.75) is 50.8 Å². The Kier molecular flexibility index (Phi) is 12.7. The summed E-state index contributed by atoms with van der Waals surface area (Å²) in [5, 5.41) is 11.2. The summed E-state index contributed by atoms with van der Waals surface area (Å²) in [5.74, 6) is 2.13. The molecule has 2 rings (SSSR count). The zero-order chi connectivity index (χ0) is 19.6. The standard InChI is InChI=1S/C18H29Cl2N5OS.HI/c1-3-21-18(25-14-6-5-7-15(11-14)27(26)4-2)23-9-8-22-17-16(20)10-13(19)12-24-17;/h10,12,14-15H,3-9,11H2,1-2H3,(H,22,24)(H2,21,23,25);1H. The molecule has 1 fully saturated rings. The number of pyridine rings is 1. The van der Waals surface area contributed by atoms with Crippen LogP contribution in [0.4, 0.5) is 5.82 Å². The predicted octanol–water partition coefficient (Wildman–Crippen LogP) is 4.05. The molecule has 0 saturated heterocycles. The first kappa shape index (κ1) is 25.7. The van der Waals surface area contributed by atoms with E-state index in [-0.39, 0.29) is 24.0 Å². The van der Waals surface area contributed by atoms with Gasteiger partial charge >= 0.3 is 0 Å². The highest BCUT2D eigenvalue weighted by molar-refractivity contribution is 14.0. The van der Waals surface area contributed by atoms with E-state index in [1.807, 2.05) is 13.8 Å². The van der Waals surface area contributed by atoms with Crippen molar-refractivity contribution in [3.05, 3.63) is 22.3 Å². The van der Waals surface area contributed by atoms with Crippen LogP contribution in [0.25, 0.3) is 0 Å². The van der Waals surface area contributed by atoms with E-state index in [1.54, 1.807) is 12.3 Å². The highest BCUT2D eigenvalue weighted by atomic mass is 127. The van der Waals surface area contributed by atoms with Crippen LogP contribution in [0.3, 0.4) is 0 Å². The number of aliphatic imine (C=N–C) groups is 1. The molecule has 0 spiro atoms. The second-order valence-corrected chi connectivity index (χ2v) is 9.32. The van der Waals surface area contributed by atoms with Crippen LogP contribution in [-0.4, -0.2) is 51.8 Å². The van der Waals surface area contributed by atoms with Crippen LogP contribution < -0.4 is 16.0 Å². The average molecular weight is 562 g/mol. The van der Waals surface area contributed by atoms with E-state index in [1.165, 1.54) is 0 Å². The Morgan fingerprint density at radius 2 is 2.14 bits per heavy atom. The van der Waals surface area contributed by atoms with Crippen molar-refractivity contribution in [3.63, 3.8) is 0 Å². The Bertz CT molecular complexity index is 665. The minimum absolute atomic E-state index is 0. The van der Waals surface area contributed by atoms with Crippen LogP contribution in [0.15, 0.2) is 17.3 Å². The van der Waals surface area contributed by atoms with Crippen LogP contribution in [0.5, 0.6) is 0 Å². The smallest absolute Gasteiger partial charge is 0.191 e. The fourth-order valence-corrected chi connectivity index (χ4v) is 4.95. The molecule has 160 valence electrons. The van der Waals surface area contributed by atoms with E-state index in [2.05, 4.69) is 25.9 Å². The number of rotatable bonds is 8. The number of hydrogen-bond acceptors (Lipinski definition) is 4. The van der Waals surface area contributed by atoms with Gasteiger partial charge in [-0.2, -0.15) is 0 Å². The van der Waals surface area contributed by atoms with Gasteiger partial charge in [0, 0.05) is 47.1 Å². The molecule has 10 heteroatoms. The van der Waals surface area contributed by atoms with Crippen LogP contribution in [0.2, 0.25) is 10.0 Å². The normalized spacial score (nSPS) is 20.8. The molecule has 3 unspecified atom stereocenters. The van der Waals surface area contributed by atoms with Gasteiger partial charge in [0.05, 0.1) is 16.6 Å². The molecule has 1 aromatic rings. The Morgan fingerprint density at radius 3 is 2.82 bits per heavy atom. The molecular weight excluding hydrogens is 532 g/mol. The Labute approximate surface area is 197 Å². The molecule has 0 amide bonds. The van der Waals surface area contributed by atoms with Gasteiger partial charge in [-0.15, -0.1) is 24.0 Å². The van der Waals surface area contributed by atoms with Crippen molar-refractivity contribution in [1.29, 1.82) is 0 Å². The quantitative estimate of drug-likeness (QED) is 0.193. The third kappa shape index (κ3) is 8.59. The molecule has 1 aromatic heterocycles. The van der Waals surface area contributed by atoms with Gasteiger partial charge in [0.25, 0.3) is 0 Å². The third-order valence-electron chi connectivity index (χ3n) is 4.45. The summed E-state index contributed by atoms with van der Waals surface area (Å²) >= 11 is 12.0. The lowest BCUT2D eigenvalue weighted by Gasteiger charge is -2.30. The molecule has 1 saturated carbocycles. The second-order valence-electron chi connectivity index (χ2n) is 6.47. The van der Waals surface area contributed by atoms with E-state index in [0.717, 1.165) is 43.9 Å². The first-order chi connectivity index (χ1) is 13.0. The molecule has 0 bridgehead atoms. The Hall–Kier alpha value is -0.320. The maximum Gasteiger partial charge on any atom is 0.191 e. The van der Waals surface area contributed by atoms with Crippen molar-refractivity contribution in [1.82, 2.24) is 15.6 Å². The maximum absolute atomic E-state index is 12.1. The highest BCUT2D eigenvalue weighted by Crippen LogP contribution is 2.23. The van der Waals surface area contributed by atoms with Crippen LogP contribution in [0, 0.1) is 0 Å². The van der Waals surface area contributed by atoms with Gasteiger partial charge in [-0.05, 0) is 32.3 Å². The number of nitrogens with one attached hydrogen (secondary N) is 3.